The smallest absolute Gasteiger partial charge is 0.282 e. The first-order valence-electron chi connectivity index (χ1n) is 8.56. The number of benzene rings is 2. The van der Waals surface area contributed by atoms with Gasteiger partial charge in [-0.25, -0.2) is 0 Å². The Morgan fingerprint density at radius 3 is 2.89 bits per heavy atom. The number of nitro groups is 1. The number of rotatable bonds is 6. The molecule has 0 unspecified atom stereocenters. The van der Waals surface area contributed by atoms with Crippen LogP contribution < -0.4 is 14.8 Å². The molecule has 1 N–H and O–H groups in total. The van der Waals surface area contributed by atoms with Crippen LogP contribution in [-0.4, -0.2) is 23.5 Å². The minimum Gasteiger partial charge on any atom is -0.494 e. The maximum absolute atomic E-state index is 12.5. The summed E-state index contributed by atoms with van der Waals surface area (Å²) in [5, 5.41) is 14.1. The van der Waals surface area contributed by atoms with Gasteiger partial charge in [0.1, 0.15) is 23.2 Å². The first-order valence-corrected chi connectivity index (χ1v) is 8.94. The van der Waals surface area contributed by atoms with E-state index in [1.807, 2.05) is 26.0 Å². The van der Waals surface area contributed by atoms with Crippen molar-refractivity contribution in [2.24, 2.45) is 0 Å². The Morgan fingerprint density at radius 1 is 1.41 bits per heavy atom. The number of ether oxygens (including phenoxy) is 2. The average Bonchev–Trinajstić information content (AvgIpc) is 2.98. The lowest BCUT2D eigenvalue weighted by molar-refractivity contribution is -0.385. The van der Waals surface area contributed by atoms with Crippen LogP contribution >= 0.6 is 11.6 Å². The van der Waals surface area contributed by atoms with Crippen molar-refractivity contribution in [1.29, 1.82) is 0 Å². The number of hydrogen-bond donors (Lipinski definition) is 1. The summed E-state index contributed by atoms with van der Waals surface area (Å²) in [5.41, 5.74) is 1.42. The molecule has 0 fully saturated rings. The van der Waals surface area contributed by atoms with Gasteiger partial charge in [-0.05, 0) is 38.1 Å². The summed E-state index contributed by atoms with van der Waals surface area (Å²) >= 11 is 5.89. The maximum atomic E-state index is 12.5. The summed E-state index contributed by atoms with van der Waals surface area (Å²) in [4.78, 5) is 23.1. The zero-order valence-electron chi connectivity index (χ0n) is 15.0. The largest absolute Gasteiger partial charge is 0.494 e. The SMILES string of the molecule is CCOc1cc2c(cc1CNC(=O)c1cc(Cl)ccc1[N+](=O)[O-])O[C@H](C)C2. The zero-order valence-corrected chi connectivity index (χ0v) is 15.7. The Balaban J connectivity index is 1.83. The molecule has 1 aliphatic heterocycles. The van der Waals surface area contributed by atoms with Crippen molar-refractivity contribution >= 4 is 23.2 Å². The van der Waals surface area contributed by atoms with E-state index in [0.29, 0.717) is 12.4 Å². The fraction of sp³-hybridized carbons (Fsp3) is 0.316. The Bertz CT molecular complexity index is 900. The van der Waals surface area contributed by atoms with Crippen LogP contribution in [0.1, 0.15) is 35.3 Å². The standard InChI is InChI=1S/C19H19ClN2O5/c1-3-26-17-7-12-6-11(2)27-18(12)8-13(17)10-21-19(23)15-9-14(20)4-5-16(15)22(24)25/h4-5,7-9,11H,3,6,10H2,1-2H3,(H,21,23)/t11-/m1/s1. The molecule has 3 rings (SSSR count). The highest BCUT2D eigenvalue weighted by atomic mass is 35.5. The van der Waals surface area contributed by atoms with Gasteiger partial charge in [0.25, 0.3) is 11.6 Å². The second-order valence-corrected chi connectivity index (χ2v) is 6.67. The van der Waals surface area contributed by atoms with Gasteiger partial charge in [0.2, 0.25) is 0 Å². The van der Waals surface area contributed by atoms with Gasteiger partial charge in [-0.1, -0.05) is 11.6 Å². The Kier molecular flexibility index (Phi) is 5.51. The maximum Gasteiger partial charge on any atom is 0.282 e. The van der Waals surface area contributed by atoms with Crippen molar-refractivity contribution in [1.82, 2.24) is 5.32 Å². The number of carbonyl (C=O) groups is 1. The highest BCUT2D eigenvalue weighted by Crippen LogP contribution is 2.35. The molecule has 0 radical (unpaired) electrons. The van der Waals surface area contributed by atoms with Crippen LogP contribution in [0.5, 0.6) is 11.5 Å². The molecule has 8 heteroatoms. The topological polar surface area (TPSA) is 90.7 Å². The van der Waals surface area contributed by atoms with Gasteiger partial charge in [-0.15, -0.1) is 0 Å². The third-order valence-electron chi connectivity index (χ3n) is 4.22. The lowest BCUT2D eigenvalue weighted by Gasteiger charge is -2.13. The van der Waals surface area contributed by atoms with Crippen LogP contribution in [0.25, 0.3) is 0 Å². The molecule has 1 atom stereocenters. The van der Waals surface area contributed by atoms with E-state index in [1.165, 1.54) is 18.2 Å². The molecular formula is C19H19ClN2O5. The molecular weight excluding hydrogens is 372 g/mol. The molecule has 0 saturated carbocycles. The molecule has 7 nitrogen and oxygen atoms in total. The van der Waals surface area contributed by atoms with Gasteiger partial charge in [0.05, 0.1) is 11.5 Å². The van der Waals surface area contributed by atoms with Gasteiger partial charge in [-0.3, -0.25) is 14.9 Å². The van der Waals surface area contributed by atoms with Crippen molar-refractivity contribution in [2.75, 3.05) is 6.61 Å². The zero-order chi connectivity index (χ0) is 19.6. The summed E-state index contributed by atoms with van der Waals surface area (Å²) in [6.07, 6.45) is 0.893. The Hall–Kier alpha value is -2.80. The number of halogens is 1. The number of nitrogens with zero attached hydrogens (tertiary/aromatic N) is 1. The van der Waals surface area contributed by atoms with E-state index in [0.717, 1.165) is 23.3 Å². The van der Waals surface area contributed by atoms with Crippen molar-refractivity contribution < 1.29 is 19.2 Å². The van der Waals surface area contributed by atoms with E-state index in [2.05, 4.69) is 5.32 Å². The lowest BCUT2D eigenvalue weighted by atomic mass is 10.1. The highest BCUT2D eigenvalue weighted by molar-refractivity contribution is 6.31. The van der Waals surface area contributed by atoms with E-state index in [1.54, 1.807) is 0 Å². The second-order valence-electron chi connectivity index (χ2n) is 6.23. The Labute approximate surface area is 161 Å². The molecule has 0 spiro atoms. The predicted octanol–water partition coefficient (Wildman–Crippen LogP) is 3.90. The van der Waals surface area contributed by atoms with Gasteiger partial charge < -0.3 is 14.8 Å². The second kappa shape index (κ2) is 7.84. The number of amides is 1. The average molecular weight is 391 g/mol. The van der Waals surface area contributed by atoms with Gasteiger partial charge in [0.15, 0.2) is 0 Å². The summed E-state index contributed by atoms with van der Waals surface area (Å²) in [6.45, 7) is 4.49. The summed E-state index contributed by atoms with van der Waals surface area (Å²) in [7, 11) is 0. The normalized spacial score (nSPS) is 15.0. The van der Waals surface area contributed by atoms with Crippen LogP contribution in [-0.2, 0) is 13.0 Å². The van der Waals surface area contributed by atoms with Crippen LogP contribution in [0.2, 0.25) is 5.02 Å². The number of nitro benzene ring substituents is 1. The van der Waals surface area contributed by atoms with E-state index in [9.17, 15) is 14.9 Å². The highest BCUT2D eigenvalue weighted by Gasteiger charge is 2.23. The van der Waals surface area contributed by atoms with Crippen molar-refractivity contribution in [2.45, 2.75) is 32.9 Å². The van der Waals surface area contributed by atoms with Crippen LogP contribution in [0.3, 0.4) is 0 Å². The van der Waals surface area contributed by atoms with Crippen LogP contribution in [0.4, 0.5) is 5.69 Å². The van der Waals surface area contributed by atoms with Crippen LogP contribution in [0.15, 0.2) is 30.3 Å². The molecule has 27 heavy (non-hydrogen) atoms. The monoisotopic (exact) mass is 390 g/mol. The summed E-state index contributed by atoms with van der Waals surface area (Å²) in [6, 6.07) is 7.64. The molecule has 0 aromatic heterocycles. The quantitative estimate of drug-likeness (QED) is 0.596. The van der Waals surface area contributed by atoms with E-state index < -0.39 is 10.8 Å². The molecule has 0 saturated heterocycles. The molecule has 0 bridgehead atoms. The Morgan fingerprint density at radius 2 is 2.19 bits per heavy atom. The lowest BCUT2D eigenvalue weighted by Crippen LogP contribution is -2.24. The minimum absolute atomic E-state index is 0.0866. The van der Waals surface area contributed by atoms with E-state index >= 15 is 0 Å². The number of fused-ring (bicyclic) bond motifs is 1. The fourth-order valence-electron chi connectivity index (χ4n) is 3.03. The third-order valence-corrected chi connectivity index (χ3v) is 4.45. The van der Waals surface area contributed by atoms with Gasteiger partial charge in [0, 0.05) is 35.2 Å². The molecule has 1 amide bonds. The predicted molar refractivity (Wildman–Crippen MR) is 101 cm³/mol. The number of hydrogen-bond acceptors (Lipinski definition) is 5. The molecule has 2 aromatic carbocycles. The molecule has 0 aliphatic carbocycles. The van der Waals surface area contributed by atoms with E-state index in [4.69, 9.17) is 21.1 Å². The summed E-state index contributed by atoms with van der Waals surface area (Å²) < 4.78 is 11.4. The van der Waals surface area contributed by atoms with Crippen molar-refractivity contribution in [3.05, 3.63) is 62.2 Å². The molecule has 1 aliphatic rings. The number of carbonyl (C=O) groups excluding carboxylic acids is 1. The summed E-state index contributed by atoms with van der Waals surface area (Å²) in [5.74, 6) is 0.847. The molecule has 2 aromatic rings. The van der Waals surface area contributed by atoms with Crippen LogP contribution in [0, 0.1) is 10.1 Å². The fourth-order valence-corrected chi connectivity index (χ4v) is 3.20. The first-order chi connectivity index (χ1) is 12.9. The van der Waals surface area contributed by atoms with E-state index in [-0.39, 0.29) is 28.9 Å². The third kappa shape index (κ3) is 4.14. The van der Waals surface area contributed by atoms with Crippen molar-refractivity contribution in [3.8, 4) is 11.5 Å². The van der Waals surface area contributed by atoms with Crippen molar-refractivity contribution in [3.63, 3.8) is 0 Å². The van der Waals surface area contributed by atoms with Gasteiger partial charge >= 0.3 is 0 Å². The number of nitrogens with one attached hydrogen (secondary N) is 1. The first kappa shape index (κ1) is 19.0. The molecule has 1 heterocycles. The van der Waals surface area contributed by atoms with Gasteiger partial charge in [-0.2, -0.15) is 0 Å². The molecule has 142 valence electrons. The minimum atomic E-state index is -0.610.